The van der Waals surface area contributed by atoms with Crippen LogP contribution in [-0.2, 0) is 21.5 Å². The molecule has 1 saturated carbocycles. The van der Waals surface area contributed by atoms with Gasteiger partial charge in [0.05, 0.1) is 6.54 Å². The van der Waals surface area contributed by atoms with Crippen LogP contribution in [0.15, 0.2) is 53.5 Å². The number of ether oxygens (including phenoxy) is 1. The van der Waals surface area contributed by atoms with Crippen LogP contribution in [0.4, 0.5) is 10.1 Å². The molecule has 1 aliphatic carbocycles. The van der Waals surface area contributed by atoms with Crippen LogP contribution >= 0.6 is 24.0 Å². The first-order valence-corrected chi connectivity index (χ1v) is 11.4. The molecule has 178 valence electrons. The van der Waals surface area contributed by atoms with E-state index in [1.807, 2.05) is 37.3 Å². The summed E-state index contributed by atoms with van der Waals surface area (Å²) in [4.78, 5) is 17.0. The van der Waals surface area contributed by atoms with Crippen molar-refractivity contribution in [1.82, 2.24) is 10.6 Å². The first-order chi connectivity index (χ1) is 15.6. The second kappa shape index (κ2) is 11.8. The first-order valence-electron chi connectivity index (χ1n) is 11.4. The minimum absolute atomic E-state index is 0. The molecule has 1 saturated heterocycles. The lowest BCUT2D eigenvalue weighted by Gasteiger charge is -2.19. The molecule has 0 radical (unpaired) electrons. The molecule has 1 aliphatic heterocycles. The summed E-state index contributed by atoms with van der Waals surface area (Å²) in [6.45, 7) is 4.60. The highest BCUT2D eigenvalue weighted by Gasteiger charge is 2.44. The van der Waals surface area contributed by atoms with E-state index < -0.39 is 0 Å². The number of amides is 1. The van der Waals surface area contributed by atoms with Crippen LogP contribution in [0.3, 0.4) is 0 Å². The van der Waals surface area contributed by atoms with E-state index in [1.165, 1.54) is 6.07 Å². The van der Waals surface area contributed by atoms with Crippen LogP contribution in [0.25, 0.3) is 0 Å². The number of anilines is 1. The Bertz CT molecular complexity index is 974. The number of nitrogens with zero attached hydrogens (tertiary/aromatic N) is 1. The van der Waals surface area contributed by atoms with Gasteiger partial charge in [-0.1, -0.05) is 24.3 Å². The predicted molar refractivity (Wildman–Crippen MR) is 140 cm³/mol. The summed E-state index contributed by atoms with van der Waals surface area (Å²) in [7, 11) is 0. The molecule has 6 nitrogen and oxygen atoms in total. The Morgan fingerprint density at radius 3 is 2.70 bits per heavy atom. The Morgan fingerprint density at radius 2 is 2.00 bits per heavy atom. The molecule has 1 unspecified atom stereocenters. The van der Waals surface area contributed by atoms with Gasteiger partial charge in [-0.25, -0.2) is 9.38 Å². The van der Waals surface area contributed by atoms with E-state index in [1.54, 1.807) is 12.1 Å². The number of benzene rings is 2. The largest absolute Gasteiger partial charge is 0.368 e. The van der Waals surface area contributed by atoms with E-state index in [9.17, 15) is 9.18 Å². The molecule has 8 heteroatoms. The maximum atomic E-state index is 13.7. The van der Waals surface area contributed by atoms with Gasteiger partial charge in [0.1, 0.15) is 11.9 Å². The highest BCUT2D eigenvalue weighted by Crippen LogP contribution is 2.47. The summed E-state index contributed by atoms with van der Waals surface area (Å²) in [5.41, 5.74) is 2.76. The Labute approximate surface area is 211 Å². The molecule has 0 bridgehead atoms. The van der Waals surface area contributed by atoms with Crippen molar-refractivity contribution in [2.75, 3.05) is 25.0 Å². The van der Waals surface area contributed by atoms with Gasteiger partial charge in [0.25, 0.3) is 5.91 Å². The molecule has 2 fully saturated rings. The molecule has 1 atom stereocenters. The van der Waals surface area contributed by atoms with Crippen LogP contribution in [0.5, 0.6) is 0 Å². The van der Waals surface area contributed by atoms with Gasteiger partial charge in [0, 0.05) is 30.8 Å². The minimum Gasteiger partial charge on any atom is -0.368 e. The molecule has 4 rings (SSSR count). The van der Waals surface area contributed by atoms with E-state index >= 15 is 0 Å². The van der Waals surface area contributed by atoms with Crippen LogP contribution in [-0.4, -0.2) is 37.7 Å². The van der Waals surface area contributed by atoms with Crippen molar-refractivity contribution < 1.29 is 13.9 Å². The first kappa shape index (κ1) is 25.4. The third kappa shape index (κ3) is 6.89. The van der Waals surface area contributed by atoms with Crippen LogP contribution < -0.4 is 16.0 Å². The van der Waals surface area contributed by atoms with Gasteiger partial charge in [-0.15, -0.1) is 24.0 Å². The molecule has 1 amide bonds. The third-order valence-electron chi connectivity index (χ3n) is 6.07. The predicted octanol–water partition coefficient (Wildman–Crippen LogP) is 4.35. The Hall–Kier alpha value is -2.20. The van der Waals surface area contributed by atoms with Crippen molar-refractivity contribution in [1.29, 1.82) is 0 Å². The second-order valence-electron chi connectivity index (χ2n) is 8.53. The quantitative estimate of drug-likeness (QED) is 0.253. The third-order valence-corrected chi connectivity index (χ3v) is 6.07. The van der Waals surface area contributed by atoms with Gasteiger partial charge in [-0.2, -0.15) is 0 Å². The molecule has 3 N–H and O–H groups in total. The molecule has 2 aromatic carbocycles. The molecule has 2 aromatic rings. The summed E-state index contributed by atoms with van der Waals surface area (Å²) < 4.78 is 19.1. The molecule has 33 heavy (non-hydrogen) atoms. The molecule has 1 heterocycles. The topological polar surface area (TPSA) is 74.8 Å². The number of guanidine groups is 1. The average Bonchev–Trinajstić information content (AvgIpc) is 3.38. The van der Waals surface area contributed by atoms with E-state index in [2.05, 4.69) is 16.0 Å². The highest BCUT2D eigenvalue weighted by molar-refractivity contribution is 14.0. The molecule has 2 aliphatic rings. The van der Waals surface area contributed by atoms with Crippen molar-refractivity contribution in [3.8, 4) is 0 Å². The monoisotopic (exact) mass is 566 g/mol. The zero-order chi connectivity index (χ0) is 22.4. The number of nitrogens with one attached hydrogen (secondary N) is 3. The van der Waals surface area contributed by atoms with Crippen molar-refractivity contribution in [3.05, 3.63) is 65.5 Å². The van der Waals surface area contributed by atoms with Gasteiger partial charge < -0.3 is 20.7 Å². The standard InChI is InChI=1S/C25H31FN4O2.HI/c1-2-27-24(29-17-25(11-12-25)19-7-4-8-20(26)15-19)28-16-18-6-3-9-21(14-18)30-23(31)22-10-5-13-32-22;/h3-4,6-9,14-15,22H,2,5,10-13,16-17H2,1H3,(H,30,31)(H2,27,28,29);1H. The van der Waals surface area contributed by atoms with E-state index in [0.717, 1.165) is 55.0 Å². The SMILES string of the molecule is CCNC(=NCc1cccc(NC(=O)C2CCCO2)c1)NCC1(c2cccc(F)c2)CC1.I. The molecular formula is C25H32FIN4O2. The van der Waals surface area contributed by atoms with Gasteiger partial charge in [0.15, 0.2) is 5.96 Å². The number of hydrogen-bond donors (Lipinski definition) is 3. The van der Waals surface area contributed by atoms with Crippen molar-refractivity contribution >= 4 is 41.5 Å². The molecule has 0 aromatic heterocycles. The summed E-state index contributed by atoms with van der Waals surface area (Å²) in [5, 5.41) is 9.64. The number of carbonyl (C=O) groups excluding carboxylic acids is 1. The zero-order valence-corrected chi connectivity index (χ0v) is 21.2. The lowest BCUT2D eigenvalue weighted by molar-refractivity contribution is -0.124. The maximum absolute atomic E-state index is 13.7. The maximum Gasteiger partial charge on any atom is 0.253 e. The van der Waals surface area contributed by atoms with E-state index in [4.69, 9.17) is 9.73 Å². The summed E-state index contributed by atoms with van der Waals surface area (Å²) in [6, 6.07) is 14.6. The van der Waals surface area contributed by atoms with Crippen LogP contribution in [0, 0.1) is 5.82 Å². The number of hydrogen-bond acceptors (Lipinski definition) is 3. The Morgan fingerprint density at radius 1 is 1.18 bits per heavy atom. The average molecular weight is 566 g/mol. The van der Waals surface area contributed by atoms with Gasteiger partial charge in [-0.05, 0) is 68.0 Å². The fourth-order valence-corrected chi connectivity index (χ4v) is 4.06. The summed E-state index contributed by atoms with van der Waals surface area (Å²) in [6.07, 6.45) is 3.41. The summed E-state index contributed by atoms with van der Waals surface area (Å²) >= 11 is 0. The smallest absolute Gasteiger partial charge is 0.253 e. The number of carbonyl (C=O) groups is 1. The Balaban J connectivity index is 0.00000306. The van der Waals surface area contributed by atoms with Crippen molar-refractivity contribution in [3.63, 3.8) is 0 Å². The fourth-order valence-electron chi connectivity index (χ4n) is 4.06. The van der Waals surface area contributed by atoms with Crippen LogP contribution in [0.1, 0.15) is 43.7 Å². The van der Waals surface area contributed by atoms with Gasteiger partial charge in [-0.3, -0.25) is 4.79 Å². The fraction of sp³-hybridized carbons (Fsp3) is 0.440. The second-order valence-corrected chi connectivity index (χ2v) is 8.53. The van der Waals surface area contributed by atoms with Crippen LogP contribution in [0.2, 0.25) is 0 Å². The minimum atomic E-state index is -0.353. The lowest BCUT2D eigenvalue weighted by Crippen LogP contribution is -2.41. The number of rotatable bonds is 8. The van der Waals surface area contributed by atoms with Gasteiger partial charge in [0.2, 0.25) is 0 Å². The number of aliphatic imine (C=N–C) groups is 1. The van der Waals surface area contributed by atoms with Crippen molar-refractivity contribution in [2.24, 2.45) is 4.99 Å². The van der Waals surface area contributed by atoms with E-state index in [0.29, 0.717) is 19.7 Å². The summed E-state index contributed by atoms with van der Waals surface area (Å²) in [5.74, 6) is 0.440. The van der Waals surface area contributed by atoms with Crippen molar-refractivity contribution in [2.45, 2.75) is 50.7 Å². The zero-order valence-electron chi connectivity index (χ0n) is 18.9. The molecule has 0 spiro atoms. The lowest BCUT2D eigenvalue weighted by atomic mass is 9.96. The van der Waals surface area contributed by atoms with Gasteiger partial charge >= 0.3 is 0 Å². The van der Waals surface area contributed by atoms with E-state index in [-0.39, 0.29) is 47.2 Å². The Kier molecular flexibility index (Phi) is 9.08. The highest BCUT2D eigenvalue weighted by atomic mass is 127. The normalized spacial score (nSPS) is 18.8. The molecular weight excluding hydrogens is 534 g/mol. The number of halogens is 2.